The van der Waals surface area contributed by atoms with E-state index in [2.05, 4.69) is 27.9 Å². The number of hydrogen-bond acceptors (Lipinski definition) is 3. The molecule has 1 aliphatic rings. The van der Waals surface area contributed by atoms with Gasteiger partial charge in [-0.15, -0.1) is 0 Å². The number of rotatable bonds is 5. The van der Waals surface area contributed by atoms with Gasteiger partial charge in [0.05, 0.1) is 6.26 Å². The second-order valence-corrected chi connectivity index (χ2v) is 9.34. The molecule has 6 heteroatoms. The highest BCUT2D eigenvalue weighted by molar-refractivity contribution is 9.10. The Hall–Kier alpha value is -2.18. The predicted octanol–water partition coefficient (Wildman–Crippen LogP) is 5.35. The second-order valence-electron chi connectivity index (χ2n) is 8.42. The van der Waals surface area contributed by atoms with Crippen LogP contribution in [0.3, 0.4) is 0 Å². The van der Waals surface area contributed by atoms with Crippen LogP contribution in [0.15, 0.2) is 57.6 Å². The fourth-order valence-electron chi connectivity index (χ4n) is 4.42. The molecule has 1 saturated heterocycles. The van der Waals surface area contributed by atoms with Crippen LogP contribution in [-0.4, -0.2) is 42.9 Å². The lowest BCUT2D eigenvalue weighted by Gasteiger charge is -2.41. The molecule has 2 aromatic carbocycles. The fraction of sp³-hybridized carbons (Fsp3) is 0.375. The van der Waals surface area contributed by atoms with Crippen molar-refractivity contribution in [2.45, 2.75) is 31.2 Å². The number of likely N-dealkylation sites (tertiary alicyclic amines) is 1. The van der Waals surface area contributed by atoms with E-state index in [1.54, 1.807) is 11.2 Å². The van der Waals surface area contributed by atoms with Crippen molar-refractivity contribution in [3.05, 3.63) is 70.1 Å². The first-order valence-electron chi connectivity index (χ1n) is 10.2. The minimum atomic E-state index is -0.261. The third-order valence-electron chi connectivity index (χ3n) is 6.32. The maximum Gasteiger partial charge on any atom is 0.223 e. The van der Waals surface area contributed by atoms with Crippen molar-refractivity contribution >= 4 is 32.8 Å². The minimum absolute atomic E-state index is 0.0866. The normalized spacial score (nSPS) is 16.7. The number of hydrogen-bond donors (Lipinski definition) is 0. The molecule has 1 amide bonds. The number of fused-ring (bicyclic) bond motifs is 1. The topological polar surface area (TPSA) is 36.7 Å². The number of halogens is 2. The summed E-state index contributed by atoms with van der Waals surface area (Å²) in [5.41, 5.74) is 2.57. The van der Waals surface area contributed by atoms with Crippen LogP contribution in [0, 0.1) is 5.82 Å². The van der Waals surface area contributed by atoms with Gasteiger partial charge in [0, 0.05) is 40.9 Å². The number of furan rings is 1. The van der Waals surface area contributed by atoms with Gasteiger partial charge in [-0.25, -0.2) is 4.39 Å². The summed E-state index contributed by atoms with van der Waals surface area (Å²) in [6.07, 6.45) is 3.85. The Kier molecular flexibility index (Phi) is 5.98. The summed E-state index contributed by atoms with van der Waals surface area (Å²) in [7, 11) is 3.94. The Morgan fingerprint density at radius 2 is 1.90 bits per heavy atom. The average molecular weight is 473 g/mol. The van der Waals surface area contributed by atoms with Crippen LogP contribution in [0.5, 0.6) is 0 Å². The summed E-state index contributed by atoms with van der Waals surface area (Å²) in [5, 5.41) is 1.01. The van der Waals surface area contributed by atoms with Crippen LogP contribution in [0.2, 0.25) is 0 Å². The SMILES string of the molecule is CN1CCC(CC(=O)N(C)Cc2cc(Br)cc3ccoc23)(c2ccc(F)cc2)CC1. The van der Waals surface area contributed by atoms with Crippen LogP contribution in [0.1, 0.15) is 30.4 Å². The molecule has 0 atom stereocenters. The van der Waals surface area contributed by atoms with E-state index in [0.717, 1.165) is 52.5 Å². The van der Waals surface area contributed by atoms with Crippen molar-refractivity contribution in [3.8, 4) is 0 Å². The number of carbonyl (C=O) groups is 1. The third kappa shape index (κ3) is 4.30. The summed E-state index contributed by atoms with van der Waals surface area (Å²) < 4.78 is 20.1. The van der Waals surface area contributed by atoms with E-state index in [1.807, 2.05) is 37.4 Å². The summed E-state index contributed by atoms with van der Waals surface area (Å²) in [5.74, 6) is -0.161. The molecule has 0 spiro atoms. The smallest absolute Gasteiger partial charge is 0.223 e. The Morgan fingerprint density at radius 3 is 2.60 bits per heavy atom. The van der Waals surface area contributed by atoms with Gasteiger partial charge >= 0.3 is 0 Å². The monoisotopic (exact) mass is 472 g/mol. The first-order valence-corrected chi connectivity index (χ1v) is 11.0. The van der Waals surface area contributed by atoms with Gasteiger partial charge < -0.3 is 14.2 Å². The van der Waals surface area contributed by atoms with Gasteiger partial charge in [-0.05, 0) is 68.9 Å². The molecule has 1 aromatic heterocycles. The minimum Gasteiger partial charge on any atom is -0.464 e. The average Bonchev–Trinajstić information content (AvgIpc) is 3.19. The predicted molar refractivity (Wildman–Crippen MR) is 120 cm³/mol. The zero-order valence-corrected chi connectivity index (χ0v) is 18.9. The molecule has 0 bridgehead atoms. The largest absolute Gasteiger partial charge is 0.464 e. The molecule has 2 heterocycles. The highest BCUT2D eigenvalue weighted by Crippen LogP contribution is 2.39. The molecular formula is C24H26BrFN2O2. The van der Waals surface area contributed by atoms with Gasteiger partial charge in [-0.3, -0.25) is 4.79 Å². The molecule has 158 valence electrons. The Balaban J connectivity index is 1.56. The molecule has 0 aliphatic carbocycles. The molecule has 4 rings (SSSR count). The van der Waals surface area contributed by atoms with Crippen molar-refractivity contribution in [2.24, 2.45) is 0 Å². The number of benzene rings is 2. The van der Waals surface area contributed by atoms with Gasteiger partial charge in [-0.2, -0.15) is 0 Å². The summed E-state index contributed by atoms with van der Waals surface area (Å²) in [6, 6.07) is 12.6. The van der Waals surface area contributed by atoms with E-state index in [-0.39, 0.29) is 17.1 Å². The molecule has 0 saturated carbocycles. The zero-order valence-electron chi connectivity index (χ0n) is 17.3. The molecule has 0 N–H and O–H groups in total. The van der Waals surface area contributed by atoms with E-state index in [1.165, 1.54) is 12.1 Å². The lowest BCUT2D eigenvalue weighted by Crippen LogP contribution is -2.44. The summed E-state index contributed by atoms with van der Waals surface area (Å²) in [6.45, 7) is 2.32. The fourth-order valence-corrected chi connectivity index (χ4v) is 4.94. The van der Waals surface area contributed by atoms with Crippen molar-refractivity contribution in [1.82, 2.24) is 9.80 Å². The third-order valence-corrected chi connectivity index (χ3v) is 6.77. The molecule has 3 aromatic rings. The van der Waals surface area contributed by atoms with E-state index in [9.17, 15) is 9.18 Å². The Bertz CT molecular complexity index is 1040. The van der Waals surface area contributed by atoms with Gasteiger partial charge in [-0.1, -0.05) is 28.1 Å². The molecule has 1 aliphatic heterocycles. The molecule has 30 heavy (non-hydrogen) atoms. The van der Waals surface area contributed by atoms with E-state index < -0.39 is 0 Å². The van der Waals surface area contributed by atoms with Crippen LogP contribution >= 0.6 is 15.9 Å². The van der Waals surface area contributed by atoms with Crippen LogP contribution in [0.4, 0.5) is 4.39 Å². The lowest BCUT2D eigenvalue weighted by atomic mass is 9.70. The van der Waals surface area contributed by atoms with E-state index >= 15 is 0 Å². The van der Waals surface area contributed by atoms with Crippen LogP contribution in [0.25, 0.3) is 11.0 Å². The van der Waals surface area contributed by atoms with E-state index in [0.29, 0.717) is 13.0 Å². The maximum absolute atomic E-state index is 13.5. The van der Waals surface area contributed by atoms with Crippen molar-refractivity contribution in [1.29, 1.82) is 0 Å². The van der Waals surface area contributed by atoms with Crippen molar-refractivity contribution in [2.75, 3.05) is 27.2 Å². The summed E-state index contributed by atoms with van der Waals surface area (Å²) >= 11 is 3.54. The van der Waals surface area contributed by atoms with Gasteiger partial charge in [0.2, 0.25) is 5.91 Å². The molecule has 0 unspecified atom stereocenters. The Labute approximate surface area is 184 Å². The van der Waals surface area contributed by atoms with Gasteiger partial charge in [0.1, 0.15) is 11.4 Å². The number of nitrogens with zero attached hydrogens (tertiary/aromatic N) is 2. The quantitative estimate of drug-likeness (QED) is 0.502. The summed E-state index contributed by atoms with van der Waals surface area (Å²) in [4.78, 5) is 17.4. The molecule has 1 fully saturated rings. The highest BCUT2D eigenvalue weighted by atomic mass is 79.9. The molecule has 4 nitrogen and oxygen atoms in total. The Morgan fingerprint density at radius 1 is 1.20 bits per heavy atom. The van der Waals surface area contributed by atoms with Crippen LogP contribution < -0.4 is 0 Å². The maximum atomic E-state index is 13.5. The number of amides is 1. The zero-order chi connectivity index (χ0) is 21.3. The van der Waals surface area contributed by atoms with Crippen LogP contribution in [-0.2, 0) is 16.8 Å². The highest BCUT2D eigenvalue weighted by Gasteiger charge is 2.38. The first kappa shape index (κ1) is 21.1. The number of piperidine rings is 1. The van der Waals surface area contributed by atoms with Crippen molar-refractivity contribution in [3.63, 3.8) is 0 Å². The van der Waals surface area contributed by atoms with Gasteiger partial charge in [0.15, 0.2) is 0 Å². The van der Waals surface area contributed by atoms with Gasteiger partial charge in [0.25, 0.3) is 0 Å². The van der Waals surface area contributed by atoms with E-state index in [4.69, 9.17) is 4.42 Å². The second kappa shape index (κ2) is 8.52. The molecule has 0 radical (unpaired) electrons. The van der Waals surface area contributed by atoms with Crippen molar-refractivity contribution < 1.29 is 13.6 Å². The number of carbonyl (C=O) groups excluding carboxylic acids is 1. The molecular weight excluding hydrogens is 447 g/mol. The standard InChI is InChI=1S/C24H26BrFN2O2/c1-27-10-8-24(9-11-27,19-3-5-21(26)6-4-19)15-22(29)28(2)16-18-14-20(25)13-17-7-12-30-23(17)18/h3-7,12-14H,8-11,15-16H2,1-2H3. The lowest BCUT2D eigenvalue weighted by molar-refractivity contribution is -0.132. The first-order chi connectivity index (χ1) is 14.4.